The highest BCUT2D eigenvalue weighted by molar-refractivity contribution is 7.13. The Hall–Kier alpha value is -1.89. The summed E-state index contributed by atoms with van der Waals surface area (Å²) in [5.41, 5.74) is 6.72. The first-order valence-electron chi connectivity index (χ1n) is 4.62. The molecule has 84 valence electrons. The van der Waals surface area contributed by atoms with Gasteiger partial charge >= 0.3 is 0 Å². The number of hydrogen-bond donors (Lipinski definition) is 3. The zero-order chi connectivity index (χ0) is 11.7. The van der Waals surface area contributed by atoms with E-state index in [9.17, 15) is 4.79 Å². The Labute approximate surface area is 95.9 Å². The Morgan fingerprint density at radius 2 is 2.31 bits per heavy atom. The van der Waals surface area contributed by atoms with Crippen molar-refractivity contribution in [2.45, 2.75) is 13.8 Å². The van der Waals surface area contributed by atoms with Crippen LogP contribution in [0.4, 0.5) is 11.5 Å². The fraction of sp³-hybridized carbons (Fsp3) is 0.222. The van der Waals surface area contributed by atoms with Crippen molar-refractivity contribution in [1.29, 1.82) is 0 Å². The van der Waals surface area contributed by atoms with Crippen LogP contribution in [0.5, 0.6) is 0 Å². The number of nitrogens with zero attached hydrogens (tertiary/aromatic N) is 2. The number of aryl methyl sites for hydroxylation is 2. The molecule has 1 amide bonds. The number of hydrogen-bond acceptors (Lipinski definition) is 5. The van der Waals surface area contributed by atoms with Crippen LogP contribution in [0.3, 0.4) is 0 Å². The van der Waals surface area contributed by atoms with Gasteiger partial charge in [0, 0.05) is 0 Å². The highest BCUT2D eigenvalue weighted by Crippen LogP contribution is 2.20. The van der Waals surface area contributed by atoms with E-state index in [1.807, 2.05) is 6.92 Å². The Balaban J connectivity index is 2.21. The van der Waals surface area contributed by atoms with Crippen molar-refractivity contribution in [3.05, 3.63) is 21.8 Å². The van der Waals surface area contributed by atoms with E-state index in [0.717, 1.165) is 10.7 Å². The van der Waals surface area contributed by atoms with E-state index >= 15 is 0 Å². The first-order chi connectivity index (χ1) is 7.58. The molecule has 0 saturated heterocycles. The fourth-order valence-electron chi connectivity index (χ4n) is 1.31. The number of anilines is 2. The lowest BCUT2D eigenvalue weighted by atomic mass is 10.3. The van der Waals surface area contributed by atoms with E-state index in [4.69, 9.17) is 5.73 Å². The molecule has 0 fully saturated rings. The molecule has 0 radical (unpaired) electrons. The number of amides is 1. The number of aromatic amines is 1. The number of carbonyl (C=O) groups is 1. The fourth-order valence-corrected chi connectivity index (χ4v) is 2.12. The van der Waals surface area contributed by atoms with Crippen LogP contribution >= 0.6 is 11.3 Å². The second kappa shape index (κ2) is 3.93. The van der Waals surface area contributed by atoms with Crippen LogP contribution in [0, 0.1) is 13.8 Å². The summed E-state index contributed by atoms with van der Waals surface area (Å²) < 4.78 is 0. The average Bonchev–Trinajstić information content (AvgIpc) is 2.74. The molecule has 0 aliphatic carbocycles. The summed E-state index contributed by atoms with van der Waals surface area (Å²) in [6.45, 7) is 3.66. The monoisotopic (exact) mass is 237 g/mol. The number of carbonyl (C=O) groups excluding carboxylic acids is 1. The van der Waals surface area contributed by atoms with E-state index in [0.29, 0.717) is 16.4 Å². The quantitative estimate of drug-likeness (QED) is 0.733. The van der Waals surface area contributed by atoms with E-state index in [-0.39, 0.29) is 5.91 Å². The van der Waals surface area contributed by atoms with Crippen molar-refractivity contribution in [3.63, 3.8) is 0 Å². The van der Waals surface area contributed by atoms with Gasteiger partial charge in [-0.05, 0) is 13.8 Å². The SMILES string of the molecule is Cc1nc(C)c(C(=O)Nc2[nH]ncc2N)s1. The first kappa shape index (κ1) is 10.6. The van der Waals surface area contributed by atoms with Gasteiger partial charge in [-0.1, -0.05) is 0 Å². The van der Waals surface area contributed by atoms with Gasteiger partial charge in [0.05, 0.1) is 22.6 Å². The Bertz CT molecular complexity index is 530. The Morgan fingerprint density at radius 1 is 1.56 bits per heavy atom. The van der Waals surface area contributed by atoms with Gasteiger partial charge in [0.2, 0.25) is 0 Å². The largest absolute Gasteiger partial charge is 0.394 e. The third-order valence-electron chi connectivity index (χ3n) is 2.02. The second-order valence-electron chi connectivity index (χ2n) is 3.30. The maximum Gasteiger partial charge on any atom is 0.268 e. The molecule has 4 N–H and O–H groups in total. The zero-order valence-corrected chi connectivity index (χ0v) is 9.68. The molecular formula is C9H11N5OS. The van der Waals surface area contributed by atoms with Gasteiger partial charge in [-0.25, -0.2) is 4.98 Å². The third kappa shape index (κ3) is 1.89. The molecule has 16 heavy (non-hydrogen) atoms. The van der Waals surface area contributed by atoms with E-state index < -0.39 is 0 Å². The van der Waals surface area contributed by atoms with Crippen molar-refractivity contribution in [1.82, 2.24) is 15.2 Å². The lowest BCUT2D eigenvalue weighted by Crippen LogP contribution is -2.12. The predicted molar refractivity (Wildman–Crippen MR) is 62.5 cm³/mol. The van der Waals surface area contributed by atoms with Gasteiger partial charge in [0.25, 0.3) is 5.91 Å². The first-order valence-corrected chi connectivity index (χ1v) is 5.44. The highest BCUT2D eigenvalue weighted by atomic mass is 32.1. The van der Waals surface area contributed by atoms with Gasteiger partial charge in [0.1, 0.15) is 4.88 Å². The standard InChI is InChI=1S/C9H11N5OS/c1-4-7(16-5(2)12-4)9(15)13-8-6(10)3-11-14-8/h3H,10H2,1-2H3,(H2,11,13,14,15). The van der Waals surface area contributed by atoms with Crippen molar-refractivity contribution < 1.29 is 4.79 Å². The van der Waals surface area contributed by atoms with E-state index in [1.54, 1.807) is 6.92 Å². The molecule has 0 saturated carbocycles. The van der Waals surface area contributed by atoms with Crippen molar-refractivity contribution >= 4 is 28.7 Å². The molecule has 0 unspecified atom stereocenters. The van der Waals surface area contributed by atoms with Gasteiger partial charge < -0.3 is 11.1 Å². The van der Waals surface area contributed by atoms with Crippen LogP contribution < -0.4 is 11.1 Å². The van der Waals surface area contributed by atoms with Crippen LogP contribution in [-0.2, 0) is 0 Å². The maximum absolute atomic E-state index is 11.9. The minimum absolute atomic E-state index is 0.223. The minimum atomic E-state index is -0.223. The van der Waals surface area contributed by atoms with Crippen molar-refractivity contribution in [2.75, 3.05) is 11.1 Å². The van der Waals surface area contributed by atoms with Crippen LogP contribution in [0.15, 0.2) is 6.20 Å². The number of H-pyrrole nitrogens is 1. The molecular weight excluding hydrogens is 226 g/mol. The number of thiazole rings is 1. The lowest BCUT2D eigenvalue weighted by Gasteiger charge is -2.01. The predicted octanol–water partition coefficient (Wildman–Crippen LogP) is 1.32. The van der Waals surface area contributed by atoms with Crippen LogP contribution in [-0.4, -0.2) is 21.1 Å². The Morgan fingerprint density at radius 3 is 2.81 bits per heavy atom. The molecule has 7 heteroatoms. The number of rotatable bonds is 2. The van der Waals surface area contributed by atoms with E-state index in [2.05, 4.69) is 20.5 Å². The van der Waals surface area contributed by atoms with Gasteiger partial charge in [-0.15, -0.1) is 11.3 Å². The third-order valence-corrected chi connectivity index (χ3v) is 3.09. The highest BCUT2D eigenvalue weighted by Gasteiger charge is 2.15. The molecule has 2 aromatic rings. The molecule has 2 aromatic heterocycles. The summed E-state index contributed by atoms with van der Waals surface area (Å²) in [6, 6.07) is 0. The second-order valence-corrected chi connectivity index (χ2v) is 4.51. The van der Waals surface area contributed by atoms with Gasteiger partial charge in [0.15, 0.2) is 5.82 Å². The normalized spacial score (nSPS) is 10.4. The summed E-state index contributed by atoms with van der Waals surface area (Å²) in [5.74, 6) is 0.189. The molecule has 6 nitrogen and oxygen atoms in total. The summed E-state index contributed by atoms with van der Waals surface area (Å²) in [7, 11) is 0. The van der Waals surface area contributed by atoms with Crippen molar-refractivity contribution in [2.24, 2.45) is 0 Å². The van der Waals surface area contributed by atoms with Gasteiger partial charge in [-0.3, -0.25) is 9.89 Å². The maximum atomic E-state index is 11.9. The Kier molecular flexibility index (Phi) is 2.61. The molecule has 0 aliphatic rings. The smallest absolute Gasteiger partial charge is 0.268 e. The number of nitrogen functional groups attached to an aromatic ring is 1. The number of nitrogens with two attached hydrogens (primary N) is 1. The van der Waals surface area contributed by atoms with E-state index in [1.165, 1.54) is 17.5 Å². The summed E-state index contributed by atoms with van der Waals surface area (Å²) in [6.07, 6.45) is 1.44. The molecule has 0 atom stereocenters. The number of nitrogens with one attached hydrogen (secondary N) is 2. The van der Waals surface area contributed by atoms with Crippen LogP contribution in [0.25, 0.3) is 0 Å². The summed E-state index contributed by atoms with van der Waals surface area (Å²) in [5, 5.41) is 9.84. The molecule has 2 rings (SSSR count). The zero-order valence-electron chi connectivity index (χ0n) is 8.87. The minimum Gasteiger partial charge on any atom is -0.394 e. The molecule has 0 aliphatic heterocycles. The topological polar surface area (TPSA) is 96.7 Å². The summed E-state index contributed by atoms with van der Waals surface area (Å²) in [4.78, 5) is 16.6. The molecule has 2 heterocycles. The molecule has 0 aromatic carbocycles. The van der Waals surface area contributed by atoms with Crippen LogP contribution in [0.1, 0.15) is 20.4 Å². The lowest BCUT2D eigenvalue weighted by molar-refractivity contribution is 0.102. The molecule has 0 spiro atoms. The molecule has 0 bridgehead atoms. The van der Waals surface area contributed by atoms with Crippen LogP contribution in [0.2, 0.25) is 0 Å². The van der Waals surface area contributed by atoms with Gasteiger partial charge in [-0.2, -0.15) is 5.10 Å². The number of aromatic nitrogens is 3. The van der Waals surface area contributed by atoms with Crippen molar-refractivity contribution in [3.8, 4) is 0 Å². The summed E-state index contributed by atoms with van der Waals surface area (Å²) >= 11 is 1.35. The average molecular weight is 237 g/mol.